The van der Waals surface area contributed by atoms with E-state index in [9.17, 15) is 14.4 Å². The molecule has 0 saturated carbocycles. The van der Waals surface area contributed by atoms with Gasteiger partial charge >= 0.3 is 0 Å². The molecule has 1 aliphatic heterocycles. The molecular formula is C22H22N4O3S. The Hall–Kier alpha value is -3.39. The first-order valence-corrected chi connectivity index (χ1v) is 10.7. The van der Waals surface area contributed by atoms with Crippen molar-refractivity contribution in [2.45, 2.75) is 12.8 Å². The second-order valence-electron chi connectivity index (χ2n) is 7.12. The van der Waals surface area contributed by atoms with Crippen LogP contribution >= 0.6 is 11.3 Å². The molecule has 1 fully saturated rings. The number of nitrogens with zero attached hydrogens (tertiary/aromatic N) is 2. The summed E-state index contributed by atoms with van der Waals surface area (Å²) in [5, 5.41) is 1.86. The Bertz CT molecular complexity index is 1030. The molecule has 0 aliphatic carbocycles. The number of aromatic nitrogens is 1. The molecule has 7 nitrogen and oxygen atoms in total. The van der Waals surface area contributed by atoms with Crippen molar-refractivity contribution in [3.05, 3.63) is 76.7 Å². The molecule has 2 aromatic heterocycles. The molecule has 1 aliphatic rings. The first-order valence-electron chi connectivity index (χ1n) is 9.79. The van der Waals surface area contributed by atoms with E-state index in [1.54, 1.807) is 23.1 Å². The molecule has 30 heavy (non-hydrogen) atoms. The second kappa shape index (κ2) is 8.96. The van der Waals surface area contributed by atoms with Crippen LogP contribution in [-0.2, 0) is 4.79 Å². The zero-order chi connectivity index (χ0) is 20.9. The fourth-order valence-electron chi connectivity index (χ4n) is 3.61. The minimum Gasteiger partial charge on any atom is -0.337 e. The van der Waals surface area contributed by atoms with Crippen molar-refractivity contribution >= 4 is 29.1 Å². The van der Waals surface area contributed by atoms with Crippen molar-refractivity contribution in [1.29, 1.82) is 0 Å². The van der Waals surface area contributed by atoms with Crippen molar-refractivity contribution in [3.63, 3.8) is 0 Å². The van der Waals surface area contributed by atoms with Crippen molar-refractivity contribution in [2.24, 2.45) is 5.92 Å². The highest BCUT2D eigenvalue weighted by atomic mass is 32.1. The van der Waals surface area contributed by atoms with Gasteiger partial charge in [0.05, 0.1) is 22.0 Å². The van der Waals surface area contributed by atoms with Crippen LogP contribution in [0.3, 0.4) is 0 Å². The predicted octanol–water partition coefficient (Wildman–Crippen LogP) is 2.85. The maximum atomic E-state index is 12.7. The molecule has 1 saturated heterocycles. The van der Waals surface area contributed by atoms with E-state index in [0.29, 0.717) is 30.0 Å². The fraction of sp³-hybridized carbons (Fsp3) is 0.227. The highest BCUT2D eigenvalue weighted by Crippen LogP contribution is 2.21. The summed E-state index contributed by atoms with van der Waals surface area (Å²) in [6.45, 7) is 0.982. The molecule has 1 unspecified atom stereocenters. The molecule has 3 amide bonds. The molecule has 3 heterocycles. The Kier molecular flexibility index (Phi) is 5.94. The largest absolute Gasteiger partial charge is 0.337 e. The maximum Gasteiger partial charge on any atom is 0.271 e. The topological polar surface area (TPSA) is 83.4 Å². The zero-order valence-electron chi connectivity index (χ0n) is 16.3. The summed E-state index contributed by atoms with van der Waals surface area (Å²) < 4.78 is 1.84. The molecular weight excluding hydrogens is 400 g/mol. The van der Waals surface area contributed by atoms with Crippen molar-refractivity contribution in [3.8, 4) is 5.69 Å². The number of thiophene rings is 1. The number of hydrogen-bond donors (Lipinski definition) is 2. The SMILES string of the molecule is O=C(NNC(=O)C1CCCN(C(=O)c2cccs2)C1)c1ccccc1-n1cccc1. The number of carbonyl (C=O) groups excluding carboxylic acids is 3. The quantitative estimate of drug-likeness (QED) is 0.634. The van der Waals surface area contributed by atoms with E-state index in [4.69, 9.17) is 0 Å². The molecule has 0 radical (unpaired) electrons. The minimum absolute atomic E-state index is 0.0489. The summed E-state index contributed by atoms with van der Waals surface area (Å²) in [6, 6.07) is 14.6. The normalized spacial score (nSPS) is 16.1. The average Bonchev–Trinajstić information content (AvgIpc) is 3.51. The Morgan fingerprint density at radius 1 is 0.967 bits per heavy atom. The summed E-state index contributed by atoms with van der Waals surface area (Å²) >= 11 is 1.40. The first-order chi connectivity index (χ1) is 14.6. The van der Waals surface area contributed by atoms with Crippen LogP contribution in [0.2, 0.25) is 0 Å². The molecule has 154 valence electrons. The molecule has 0 spiro atoms. The van der Waals surface area contributed by atoms with Gasteiger partial charge in [0, 0.05) is 25.5 Å². The van der Waals surface area contributed by atoms with Gasteiger partial charge in [-0.3, -0.25) is 25.2 Å². The average molecular weight is 423 g/mol. The smallest absolute Gasteiger partial charge is 0.271 e. The first kappa shape index (κ1) is 19.9. The second-order valence-corrected chi connectivity index (χ2v) is 8.07. The van der Waals surface area contributed by atoms with E-state index in [2.05, 4.69) is 10.9 Å². The van der Waals surface area contributed by atoms with Gasteiger partial charge in [-0.2, -0.15) is 0 Å². The number of benzene rings is 1. The summed E-state index contributed by atoms with van der Waals surface area (Å²) in [4.78, 5) is 40.3. The summed E-state index contributed by atoms with van der Waals surface area (Å²) in [5.74, 6) is -1.09. The Labute approximate surface area is 178 Å². The van der Waals surface area contributed by atoms with E-state index >= 15 is 0 Å². The zero-order valence-corrected chi connectivity index (χ0v) is 17.1. The maximum absolute atomic E-state index is 12.7. The number of hydrogen-bond acceptors (Lipinski definition) is 4. The highest BCUT2D eigenvalue weighted by Gasteiger charge is 2.29. The van der Waals surface area contributed by atoms with E-state index in [1.165, 1.54) is 11.3 Å². The third-order valence-corrected chi connectivity index (χ3v) is 6.00. The number of amides is 3. The summed E-state index contributed by atoms with van der Waals surface area (Å²) in [5.41, 5.74) is 6.22. The van der Waals surface area contributed by atoms with Gasteiger partial charge in [-0.25, -0.2) is 0 Å². The lowest BCUT2D eigenvalue weighted by Gasteiger charge is -2.31. The minimum atomic E-state index is -0.394. The number of rotatable bonds is 4. The molecule has 8 heteroatoms. The third-order valence-electron chi connectivity index (χ3n) is 5.14. The van der Waals surface area contributed by atoms with Gasteiger partial charge in [0.15, 0.2) is 0 Å². The van der Waals surface area contributed by atoms with Crippen LogP contribution < -0.4 is 10.9 Å². The van der Waals surface area contributed by atoms with Gasteiger partial charge < -0.3 is 9.47 Å². The summed E-state index contributed by atoms with van der Waals surface area (Å²) in [6.07, 6.45) is 5.13. The van der Waals surface area contributed by atoms with E-state index < -0.39 is 5.91 Å². The van der Waals surface area contributed by atoms with E-state index in [-0.39, 0.29) is 17.7 Å². The van der Waals surface area contributed by atoms with Crippen LogP contribution in [0.1, 0.15) is 32.9 Å². The predicted molar refractivity (Wildman–Crippen MR) is 114 cm³/mol. The van der Waals surface area contributed by atoms with Crippen LogP contribution in [0.25, 0.3) is 5.69 Å². The molecule has 1 atom stereocenters. The third kappa shape index (κ3) is 4.28. The lowest BCUT2D eigenvalue weighted by molar-refractivity contribution is -0.127. The number of piperidine rings is 1. The summed E-state index contributed by atoms with van der Waals surface area (Å²) in [7, 11) is 0. The van der Waals surface area contributed by atoms with E-state index in [0.717, 1.165) is 12.1 Å². The van der Waals surface area contributed by atoms with Crippen LogP contribution in [0.5, 0.6) is 0 Å². The van der Waals surface area contributed by atoms with Gasteiger partial charge in [-0.05, 0) is 48.6 Å². The molecule has 4 rings (SSSR count). The van der Waals surface area contributed by atoms with Gasteiger partial charge in [-0.15, -0.1) is 11.3 Å². The Morgan fingerprint density at radius 3 is 2.53 bits per heavy atom. The van der Waals surface area contributed by atoms with Crippen molar-refractivity contribution in [1.82, 2.24) is 20.3 Å². The van der Waals surface area contributed by atoms with E-state index in [1.807, 2.05) is 52.7 Å². The van der Waals surface area contributed by atoms with Gasteiger partial charge in [-0.1, -0.05) is 18.2 Å². The number of hydrazine groups is 1. The lowest BCUT2D eigenvalue weighted by Crippen LogP contribution is -2.50. The molecule has 1 aromatic carbocycles. The van der Waals surface area contributed by atoms with Crippen LogP contribution in [0.4, 0.5) is 0 Å². The van der Waals surface area contributed by atoms with Gasteiger partial charge in [0.2, 0.25) is 5.91 Å². The molecule has 2 N–H and O–H groups in total. The fourth-order valence-corrected chi connectivity index (χ4v) is 4.30. The standard InChI is InChI=1S/C22H22N4O3S/c27-20(16-7-5-13-26(15-16)22(29)19-10-6-14-30-19)23-24-21(28)17-8-1-2-9-18(17)25-11-3-4-12-25/h1-4,6,8-12,14,16H,5,7,13,15H2,(H,23,27)(H,24,28). The number of nitrogens with one attached hydrogen (secondary N) is 2. The van der Waals surface area contributed by atoms with Crippen LogP contribution in [-0.4, -0.2) is 40.3 Å². The van der Waals surface area contributed by atoms with Crippen molar-refractivity contribution < 1.29 is 14.4 Å². The van der Waals surface area contributed by atoms with Gasteiger partial charge in [0.1, 0.15) is 0 Å². The number of para-hydroxylation sites is 1. The monoisotopic (exact) mass is 422 g/mol. The lowest BCUT2D eigenvalue weighted by atomic mass is 9.97. The Morgan fingerprint density at radius 2 is 1.77 bits per heavy atom. The van der Waals surface area contributed by atoms with Gasteiger partial charge in [0.25, 0.3) is 11.8 Å². The Balaban J connectivity index is 1.37. The molecule has 0 bridgehead atoms. The number of carbonyl (C=O) groups is 3. The van der Waals surface area contributed by atoms with Crippen LogP contribution in [0.15, 0.2) is 66.3 Å². The highest BCUT2D eigenvalue weighted by molar-refractivity contribution is 7.12. The van der Waals surface area contributed by atoms with Crippen LogP contribution in [0, 0.1) is 5.92 Å². The number of likely N-dealkylation sites (tertiary alicyclic amines) is 1. The van der Waals surface area contributed by atoms with Crippen molar-refractivity contribution in [2.75, 3.05) is 13.1 Å². The molecule has 3 aromatic rings.